The van der Waals surface area contributed by atoms with Crippen LogP contribution < -0.4 is 11.1 Å². The molecule has 4 heteroatoms. The first-order valence-electron chi connectivity index (χ1n) is 7.19. The lowest BCUT2D eigenvalue weighted by Gasteiger charge is -2.09. The summed E-state index contributed by atoms with van der Waals surface area (Å²) in [7, 11) is 0. The van der Waals surface area contributed by atoms with Crippen molar-refractivity contribution < 1.29 is 9.90 Å². The Balaban J connectivity index is 1.83. The Hall–Kier alpha value is -3.27. The zero-order chi connectivity index (χ0) is 16.2. The van der Waals surface area contributed by atoms with Crippen LogP contribution in [0, 0.1) is 0 Å². The zero-order valence-electron chi connectivity index (χ0n) is 12.4. The fourth-order valence-corrected chi connectivity index (χ4v) is 2.28. The van der Waals surface area contributed by atoms with Gasteiger partial charge in [-0.25, -0.2) is 0 Å². The molecule has 0 heterocycles. The normalized spacial score (nSPS) is 10.3. The number of benzene rings is 3. The SMILES string of the molecule is Nc1ccc(Nc2ccc(C(=O)c3ccccc3)c(O)c2)cc1. The van der Waals surface area contributed by atoms with Gasteiger partial charge in [0.2, 0.25) is 0 Å². The third-order valence-corrected chi connectivity index (χ3v) is 3.48. The van der Waals surface area contributed by atoms with Crippen LogP contribution in [0.15, 0.2) is 72.8 Å². The lowest BCUT2D eigenvalue weighted by molar-refractivity contribution is 0.103. The van der Waals surface area contributed by atoms with Crippen LogP contribution in [0.25, 0.3) is 0 Å². The van der Waals surface area contributed by atoms with E-state index in [4.69, 9.17) is 5.73 Å². The minimum atomic E-state index is -0.206. The average molecular weight is 304 g/mol. The number of rotatable bonds is 4. The minimum absolute atomic E-state index is 0.0562. The van der Waals surface area contributed by atoms with Crippen molar-refractivity contribution in [3.63, 3.8) is 0 Å². The maximum absolute atomic E-state index is 12.4. The van der Waals surface area contributed by atoms with Crippen LogP contribution in [-0.4, -0.2) is 10.9 Å². The number of nitrogen functional groups attached to an aromatic ring is 1. The Morgan fingerprint density at radius 1 is 0.870 bits per heavy atom. The van der Waals surface area contributed by atoms with Gasteiger partial charge in [-0.3, -0.25) is 4.79 Å². The summed E-state index contributed by atoms with van der Waals surface area (Å²) in [5, 5.41) is 13.3. The lowest BCUT2D eigenvalue weighted by Crippen LogP contribution is -2.02. The van der Waals surface area contributed by atoms with Crippen LogP contribution in [0.2, 0.25) is 0 Å². The van der Waals surface area contributed by atoms with E-state index in [-0.39, 0.29) is 17.1 Å². The maximum Gasteiger partial charge on any atom is 0.196 e. The summed E-state index contributed by atoms with van der Waals surface area (Å²) < 4.78 is 0. The van der Waals surface area contributed by atoms with Gasteiger partial charge in [-0.05, 0) is 36.4 Å². The summed E-state index contributed by atoms with van der Waals surface area (Å²) in [5.41, 5.74) is 8.69. The van der Waals surface area contributed by atoms with E-state index in [1.165, 1.54) is 6.07 Å². The fourth-order valence-electron chi connectivity index (χ4n) is 2.28. The molecule has 3 aromatic carbocycles. The van der Waals surface area contributed by atoms with Gasteiger partial charge in [0.05, 0.1) is 5.56 Å². The molecule has 23 heavy (non-hydrogen) atoms. The van der Waals surface area contributed by atoms with Crippen molar-refractivity contribution in [3.05, 3.63) is 83.9 Å². The summed E-state index contributed by atoms with van der Waals surface area (Å²) in [6.07, 6.45) is 0. The molecular weight excluding hydrogens is 288 g/mol. The Morgan fingerprint density at radius 3 is 2.17 bits per heavy atom. The van der Waals surface area contributed by atoms with E-state index >= 15 is 0 Å². The topological polar surface area (TPSA) is 75.3 Å². The van der Waals surface area contributed by atoms with Gasteiger partial charge in [0, 0.05) is 28.7 Å². The highest BCUT2D eigenvalue weighted by Gasteiger charge is 2.13. The fraction of sp³-hybridized carbons (Fsp3) is 0. The Morgan fingerprint density at radius 2 is 1.52 bits per heavy atom. The Bertz CT molecular complexity index is 828. The molecule has 4 N–H and O–H groups in total. The van der Waals surface area contributed by atoms with Gasteiger partial charge in [-0.15, -0.1) is 0 Å². The van der Waals surface area contributed by atoms with Crippen molar-refractivity contribution in [1.82, 2.24) is 0 Å². The van der Waals surface area contributed by atoms with E-state index in [0.717, 1.165) is 5.69 Å². The molecule has 0 saturated heterocycles. The highest BCUT2D eigenvalue weighted by Crippen LogP contribution is 2.26. The highest BCUT2D eigenvalue weighted by molar-refractivity contribution is 6.10. The summed E-state index contributed by atoms with van der Waals surface area (Å²) in [4.78, 5) is 12.4. The van der Waals surface area contributed by atoms with E-state index in [2.05, 4.69) is 5.32 Å². The average Bonchev–Trinajstić information content (AvgIpc) is 2.57. The van der Waals surface area contributed by atoms with E-state index in [1.807, 2.05) is 18.2 Å². The number of hydrogen-bond donors (Lipinski definition) is 3. The van der Waals surface area contributed by atoms with Crippen LogP contribution in [0.1, 0.15) is 15.9 Å². The van der Waals surface area contributed by atoms with Crippen LogP contribution in [0.4, 0.5) is 17.1 Å². The first kappa shape index (κ1) is 14.7. The van der Waals surface area contributed by atoms with E-state index in [0.29, 0.717) is 16.9 Å². The van der Waals surface area contributed by atoms with Crippen molar-refractivity contribution in [3.8, 4) is 5.75 Å². The first-order valence-corrected chi connectivity index (χ1v) is 7.19. The number of anilines is 3. The van der Waals surface area contributed by atoms with Crippen LogP contribution in [0.5, 0.6) is 5.75 Å². The van der Waals surface area contributed by atoms with Crippen molar-refractivity contribution in [2.24, 2.45) is 0 Å². The predicted molar refractivity (Wildman–Crippen MR) is 92.1 cm³/mol. The number of nitrogens with two attached hydrogens (primary N) is 1. The molecule has 0 bridgehead atoms. The summed E-state index contributed by atoms with van der Waals surface area (Å²) in [6, 6.07) is 21.0. The smallest absolute Gasteiger partial charge is 0.196 e. The second-order valence-corrected chi connectivity index (χ2v) is 5.17. The number of hydrogen-bond acceptors (Lipinski definition) is 4. The quantitative estimate of drug-likeness (QED) is 0.504. The predicted octanol–water partition coefficient (Wildman–Crippen LogP) is 3.95. The standard InChI is InChI=1S/C19H16N2O2/c20-14-6-8-15(9-7-14)21-16-10-11-17(18(22)12-16)19(23)13-4-2-1-3-5-13/h1-12,21-22H,20H2. The third-order valence-electron chi connectivity index (χ3n) is 3.48. The van der Waals surface area contributed by atoms with Crippen molar-refractivity contribution >= 4 is 22.8 Å². The molecule has 114 valence electrons. The molecule has 0 aromatic heterocycles. The molecule has 0 unspecified atom stereocenters. The number of carbonyl (C=O) groups excluding carboxylic acids is 1. The molecular formula is C19H16N2O2. The number of nitrogens with one attached hydrogen (secondary N) is 1. The molecule has 0 aliphatic rings. The largest absolute Gasteiger partial charge is 0.507 e. The Kier molecular flexibility index (Phi) is 3.97. The molecule has 3 rings (SSSR count). The van der Waals surface area contributed by atoms with Crippen molar-refractivity contribution in [1.29, 1.82) is 0 Å². The second kappa shape index (κ2) is 6.23. The van der Waals surface area contributed by atoms with Gasteiger partial charge in [0.15, 0.2) is 5.78 Å². The van der Waals surface area contributed by atoms with Gasteiger partial charge in [0.25, 0.3) is 0 Å². The molecule has 0 radical (unpaired) electrons. The van der Waals surface area contributed by atoms with E-state index in [9.17, 15) is 9.90 Å². The first-order chi connectivity index (χ1) is 11.1. The van der Waals surface area contributed by atoms with Gasteiger partial charge in [-0.1, -0.05) is 30.3 Å². The van der Waals surface area contributed by atoms with E-state index in [1.54, 1.807) is 48.5 Å². The van der Waals surface area contributed by atoms with Gasteiger partial charge in [-0.2, -0.15) is 0 Å². The molecule has 0 atom stereocenters. The van der Waals surface area contributed by atoms with Gasteiger partial charge >= 0.3 is 0 Å². The summed E-state index contributed by atoms with van der Waals surface area (Å²) >= 11 is 0. The molecule has 0 spiro atoms. The monoisotopic (exact) mass is 304 g/mol. The molecule has 0 amide bonds. The van der Waals surface area contributed by atoms with Crippen molar-refractivity contribution in [2.75, 3.05) is 11.1 Å². The van der Waals surface area contributed by atoms with Gasteiger partial charge < -0.3 is 16.2 Å². The zero-order valence-corrected chi connectivity index (χ0v) is 12.4. The van der Waals surface area contributed by atoms with Crippen molar-refractivity contribution in [2.45, 2.75) is 0 Å². The molecule has 0 aliphatic carbocycles. The van der Waals surface area contributed by atoms with Gasteiger partial charge in [0.1, 0.15) is 5.75 Å². The van der Waals surface area contributed by atoms with Crippen LogP contribution in [0.3, 0.4) is 0 Å². The second-order valence-electron chi connectivity index (χ2n) is 5.17. The molecule has 4 nitrogen and oxygen atoms in total. The molecule has 0 saturated carbocycles. The highest BCUT2D eigenvalue weighted by atomic mass is 16.3. The summed E-state index contributed by atoms with van der Waals surface area (Å²) in [6.45, 7) is 0. The number of carbonyl (C=O) groups is 1. The Labute approximate surface area is 134 Å². The lowest BCUT2D eigenvalue weighted by atomic mass is 10.0. The number of aromatic hydroxyl groups is 1. The minimum Gasteiger partial charge on any atom is -0.507 e. The van der Waals surface area contributed by atoms with E-state index < -0.39 is 0 Å². The molecule has 0 aliphatic heterocycles. The van der Waals surface area contributed by atoms with Crippen LogP contribution >= 0.6 is 0 Å². The number of phenols is 1. The number of ketones is 1. The summed E-state index contributed by atoms with van der Waals surface area (Å²) in [5.74, 6) is -0.263. The van der Waals surface area contributed by atoms with Crippen LogP contribution in [-0.2, 0) is 0 Å². The third kappa shape index (κ3) is 3.32. The molecule has 0 fully saturated rings. The maximum atomic E-state index is 12.4. The molecule has 3 aromatic rings. The number of phenolic OH excluding ortho intramolecular Hbond substituents is 1.